The predicted molar refractivity (Wildman–Crippen MR) is 150 cm³/mol. The molecule has 2 fully saturated rings. The van der Waals surface area contributed by atoms with Gasteiger partial charge >= 0.3 is 19.2 Å². The summed E-state index contributed by atoms with van der Waals surface area (Å²) in [7, 11) is -0.504. The first-order valence-corrected chi connectivity index (χ1v) is 14.2. The molecule has 0 spiro atoms. The molecule has 0 saturated carbocycles. The van der Waals surface area contributed by atoms with Crippen LogP contribution < -0.4 is 15.5 Å². The molecule has 3 rings (SSSR count). The van der Waals surface area contributed by atoms with E-state index >= 15 is 0 Å². The zero-order valence-corrected chi connectivity index (χ0v) is 25.2. The van der Waals surface area contributed by atoms with Crippen LogP contribution >= 0.6 is 0 Å². The van der Waals surface area contributed by atoms with Gasteiger partial charge in [-0.2, -0.15) is 0 Å². The molecule has 218 valence electrons. The molecule has 2 saturated heterocycles. The van der Waals surface area contributed by atoms with Crippen molar-refractivity contribution in [3.05, 3.63) is 12.4 Å². The smallest absolute Gasteiger partial charge is 0.463 e. The Kier molecular flexibility index (Phi) is 9.91. The summed E-state index contributed by atoms with van der Waals surface area (Å²) in [6.07, 6.45) is 6.58. The molecule has 11 heteroatoms. The fourth-order valence-corrected chi connectivity index (χ4v) is 4.68. The van der Waals surface area contributed by atoms with Crippen LogP contribution in [0.3, 0.4) is 0 Å². The summed E-state index contributed by atoms with van der Waals surface area (Å²) in [5, 5.41) is 2.78. The quantitative estimate of drug-likeness (QED) is 0.369. The van der Waals surface area contributed by atoms with Crippen molar-refractivity contribution in [2.75, 3.05) is 19.7 Å². The van der Waals surface area contributed by atoms with Crippen molar-refractivity contribution in [1.29, 1.82) is 0 Å². The minimum Gasteiger partial charge on any atom is -0.463 e. The SMILES string of the molecule is CC(C)[C@H](NC(=O)OC(C)(C)C)C(=O)N1CCC[C@H](CCCOc2ncc(B3OC(C)(C)C(C)(C)O3)cn2)C1. The Hall–Kier alpha value is -2.40. The number of piperidine rings is 1. The highest BCUT2D eigenvalue weighted by Crippen LogP contribution is 2.36. The third kappa shape index (κ3) is 8.54. The van der Waals surface area contributed by atoms with Gasteiger partial charge in [0, 0.05) is 30.9 Å². The van der Waals surface area contributed by atoms with Gasteiger partial charge in [0.25, 0.3) is 0 Å². The van der Waals surface area contributed by atoms with Crippen LogP contribution in [-0.2, 0) is 18.8 Å². The lowest BCUT2D eigenvalue weighted by Crippen LogP contribution is -2.54. The van der Waals surface area contributed by atoms with Crippen molar-refractivity contribution in [3.8, 4) is 6.01 Å². The largest absolute Gasteiger partial charge is 0.498 e. The Morgan fingerprint density at radius 3 is 2.33 bits per heavy atom. The highest BCUT2D eigenvalue weighted by atomic mass is 16.7. The maximum Gasteiger partial charge on any atom is 0.498 e. The summed E-state index contributed by atoms with van der Waals surface area (Å²) in [5.74, 6) is 0.287. The number of carbonyl (C=O) groups excluding carboxylic acids is 2. The lowest BCUT2D eigenvalue weighted by atomic mass is 9.81. The number of aromatic nitrogens is 2. The third-order valence-electron chi connectivity index (χ3n) is 7.60. The van der Waals surface area contributed by atoms with Gasteiger partial charge in [0.05, 0.1) is 17.8 Å². The van der Waals surface area contributed by atoms with E-state index in [1.54, 1.807) is 33.2 Å². The number of rotatable bonds is 9. The van der Waals surface area contributed by atoms with Crippen molar-refractivity contribution in [2.24, 2.45) is 11.8 Å². The second-order valence-electron chi connectivity index (χ2n) is 13.0. The zero-order chi connectivity index (χ0) is 29.0. The van der Waals surface area contributed by atoms with Gasteiger partial charge in [-0.15, -0.1) is 0 Å². The van der Waals surface area contributed by atoms with Gasteiger partial charge < -0.3 is 29.0 Å². The summed E-state index contributed by atoms with van der Waals surface area (Å²) in [4.78, 5) is 36.1. The van der Waals surface area contributed by atoms with Crippen molar-refractivity contribution < 1.29 is 28.4 Å². The van der Waals surface area contributed by atoms with E-state index in [0.717, 1.165) is 31.1 Å². The van der Waals surface area contributed by atoms with E-state index in [1.165, 1.54) is 0 Å². The number of ether oxygens (including phenoxy) is 2. The lowest BCUT2D eigenvalue weighted by Gasteiger charge is -2.36. The fraction of sp³-hybridized carbons (Fsp3) is 0.786. The van der Waals surface area contributed by atoms with E-state index in [2.05, 4.69) is 15.3 Å². The summed E-state index contributed by atoms with van der Waals surface area (Å²) in [5.41, 5.74) is -0.700. The number of likely N-dealkylation sites (tertiary alicyclic amines) is 1. The second kappa shape index (κ2) is 12.4. The number of carbonyl (C=O) groups is 2. The van der Waals surface area contributed by atoms with Crippen molar-refractivity contribution >= 4 is 24.6 Å². The Bertz CT molecular complexity index is 963. The average molecular weight is 547 g/mol. The van der Waals surface area contributed by atoms with Crippen LogP contribution in [-0.4, -0.2) is 76.5 Å². The molecule has 0 unspecified atom stereocenters. The number of amides is 2. The summed E-state index contributed by atoms with van der Waals surface area (Å²) in [6, 6.07) is -0.289. The number of nitrogens with zero attached hydrogens (tertiary/aromatic N) is 3. The van der Waals surface area contributed by atoms with Crippen LogP contribution in [0, 0.1) is 11.8 Å². The minimum absolute atomic E-state index is 0.0463. The molecule has 2 amide bonds. The number of nitrogens with one attached hydrogen (secondary N) is 1. The maximum atomic E-state index is 13.3. The van der Waals surface area contributed by atoms with Crippen molar-refractivity contribution in [2.45, 2.75) is 111 Å². The number of alkyl carbamates (subject to hydrolysis) is 1. The zero-order valence-electron chi connectivity index (χ0n) is 25.2. The fourth-order valence-electron chi connectivity index (χ4n) is 4.68. The highest BCUT2D eigenvalue weighted by molar-refractivity contribution is 6.61. The van der Waals surface area contributed by atoms with Gasteiger partial charge in [0.1, 0.15) is 11.6 Å². The molecule has 3 heterocycles. The summed E-state index contributed by atoms with van der Waals surface area (Å²) < 4.78 is 23.2. The summed E-state index contributed by atoms with van der Waals surface area (Å²) in [6.45, 7) is 19.2. The molecular weight excluding hydrogens is 499 g/mol. The van der Waals surface area contributed by atoms with E-state index in [0.29, 0.717) is 31.6 Å². The Morgan fingerprint density at radius 2 is 1.77 bits per heavy atom. The van der Waals surface area contributed by atoms with Crippen LogP contribution in [0.2, 0.25) is 0 Å². The van der Waals surface area contributed by atoms with E-state index in [9.17, 15) is 9.59 Å². The minimum atomic E-state index is -0.618. The standard InChI is InChI=1S/C28H47BN4O6/c1-19(2)22(32-25(35)37-26(3,4)5)23(34)33-14-10-12-20(18-33)13-11-15-36-24-30-16-21(17-31-24)29-38-27(6,7)28(8,9)39-29/h16-17,19-20,22H,10-15,18H2,1-9H3,(H,32,35)/t20-,22+/m1/s1. The van der Waals surface area contributed by atoms with Crippen molar-refractivity contribution in [1.82, 2.24) is 20.2 Å². The molecule has 0 aromatic carbocycles. The monoisotopic (exact) mass is 546 g/mol. The van der Waals surface area contributed by atoms with Crippen molar-refractivity contribution in [3.63, 3.8) is 0 Å². The Balaban J connectivity index is 1.44. The van der Waals surface area contributed by atoms with E-state index < -0.39 is 36.1 Å². The average Bonchev–Trinajstić information content (AvgIpc) is 3.06. The summed E-state index contributed by atoms with van der Waals surface area (Å²) >= 11 is 0. The van der Waals surface area contributed by atoms with Crippen LogP contribution in [0.1, 0.15) is 88.0 Å². The Labute approximate surface area is 234 Å². The van der Waals surface area contributed by atoms with E-state index in [4.69, 9.17) is 18.8 Å². The van der Waals surface area contributed by atoms with Crippen LogP contribution in [0.5, 0.6) is 6.01 Å². The molecule has 2 aliphatic rings. The predicted octanol–water partition coefficient (Wildman–Crippen LogP) is 3.72. The lowest BCUT2D eigenvalue weighted by molar-refractivity contribution is -0.136. The van der Waals surface area contributed by atoms with Gasteiger partial charge in [0.15, 0.2) is 0 Å². The molecule has 39 heavy (non-hydrogen) atoms. The van der Waals surface area contributed by atoms with Gasteiger partial charge in [0.2, 0.25) is 5.91 Å². The van der Waals surface area contributed by atoms with Crippen LogP contribution in [0.15, 0.2) is 12.4 Å². The molecular formula is C28H47BN4O6. The molecule has 1 aromatic rings. The van der Waals surface area contributed by atoms with Crippen LogP contribution in [0.4, 0.5) is 4.79 Å². The molecule has 2 atom stereocenters. The number of hydrogen-bond donors (Lipinski definition) is 1. The van der Waals surface area contributed by atoms with Gasteiger partial charge in [-0.05, 0) is 86.0 Å². The van der Waals surface area contributed by atoms with E-state index in [1.807, 2.05) is 46.4 Å². The third-order valence-corrected chi connectivity index (χ3v) is 7.60. The molecule has 0 radical (unpaired) electrons. The normalized spacial score (nSPS) is 21.5. The van der Waals surface area contributed by atoms with Gasteiger partial charge in [-0.25, -0.2) is 14.8 Å². The molecule has 0 bridgehead atoms. The topological polar surface area (TPSA) is 112 Å². The number of hydrogen-bond acceptors (Lipinski definition) is 8. The van der Waals surface area contributed by atoms with Crippen LogP contribution in [0.25, 0.3) is 0 Å². The molecule has 0 aliphatic carbocycles. The highest BCUT2D eigenvalue weighted by Gasteiger charge is 2.52. The first kappa shape index (κ1) is 31.1. The maximum absolute atomic E-state index is 13.3. The molecule has 10 nitrogen and oxygen atoms in total. The van der Waals surface area contributed by atoms with E-state index in [-0.39, 0.29) is 11.8 Å². The van der Waals surface area contributed by atoms with Gasteiger partial charge in [-0.1, -0.05) is 13.8 Å². The Morgan fingerprint density at radius 1 is 1.15 bits per heavy atom. The van der Waals surface area contributed by atoms with Gasteiger partial charge in [-0.3, -0.25) is 4.79 Å². The first-order valence-electron chi connectivity index (χ1n) is 14.2. The molecule has 1 aromatic heterocycles. The first-order chi connectivity index (χ1) is 18.1. The second-order valence-corrected chi connectivity index (χ2v) is 13.0. The molecule has 2 aliphatic heterocycles. The molecule has 1 N–H and O–H groups in total.